The van der Waals surface area contributed by atoms with E-state index in [2.05, 4.69) is 6.92 Å². The molecule has 0 saturated carbocycles. The molecule has 0 saturated heterocycles. The predicted molar refractivity (Wildman–Crippen MR) is 47.1 cm³/mol. The molecule has 3 N–H and O–H groups in total. The molecule has 0 unspecified atom stereocenters. The number of unbranched alkanes of at least 4 members (excludes halogenated alkanes) is 2. The molecule has 0 aromatic heterocycles. The fourth-order valence-electron chi connectivity index (χ4n) is 0.839. The molecule has 0 fully saturated rings. The maximum atomic E-state index is 8.32. The van der Waals surface area contributed by atoms with Crippen LogP contribution in [0.4, 0.5) is 0 Å². The van der Waals surface area contributed by atoms with Gasteiger partial charge in [0.05, 0.1) is 6.26 Å². The molecule has 0 aromatic rings. The second kappa shape index (κ2) is 7.57. The van der Waals surface area contributed by atoms with Crippen molar-refractivity contribution >= 4 is 0 Å². The zero-order valence-electron chi connectivity index (χ0n) is 7.16. The second-order valence-corrected chi connectivity index (χ2v) is 2.59. The SMILES string of the molecule is CCCCCN(N)CC=CO. The van der Waals surface area contributed by atoms with Gasteiger partial charge in [0, 0.05) is 13.1 Å². The Bertz CT molecular complexity index is 104. The Labute approximate surface area is 68.5 Å². The molecule has 3 nitrogen and oxygen atoms in total. The van der Waals surface area contributed by atoms with Crippen molar-refractivity contribution in [2.75, 3.05) is 13.1 Å². The zero-order valence-corrected chi connectivity index (χ0v) is 7.16. The Morgan fingerprint density at radius 2 is 2.18 bits per heavy atom. The smallest absolute Gasteiger partial charge is 0.0765 e. The van der Waals surface area contributed by atoms with Gasteiger partial charge < -0.3 is 5.11 Å². The third kappa shape index (κ3) is 7.36. The van der Waals surface area contributed by atoms with E-state index in [-0.39, 0.29) is 0 Å². The first-order valence-corrected chi connectivity index (χ1v) is 4.10. The highest BCUT2D eigenvalue weighted by Gasteiger charge is 1.93. The first kappa shape index (κ1) is 10.5. The number of nitrogens with zero attached hydrogens (tertiary/aromatic N) is 1. The highest BCUT2D eigenvalue weighted by Crippen LogP contribution is 1.94. The predicted octanol–water partition coefficient (Wildman–Crippen LogP) is 1.42. The van der Waals surface area contributed by atoms with Gasteiger partial charge in [0.25, 0.3) is 0 Å². The molecule has 0 radical (unpaired) electrons. The van der Waals surface area contributed by atoms with Gasteiger partial charge in [-0.3, -0.25) is 5.84 Å². The topological polar surface area (TPSA) is 49.5 Å². The molecule has 0 atom stereocenters. The molecule has 0 amide bonds. The van der Waals surface area contributed by atoms with Crippen LogP contribution in [-0.2, 0) is 0 Å². The van der Waals surface area contributed by atoms with Gasteiger partial charge in [0.15, 0.2) is 0 Å². The molecule has 0 bridgehead atoms. The first-order valence-electron chi connectivity index (χ1n) is 4.10. The molecule has 0 heterocycles. The summed E-state index contributed by atoms with van der Waals surface area (Å²) in [6, 6.07) is 0. The van der Waals surface area contributed by atoms with E-state index in [9.17, 15) is 0 Å². The van der Waals surface area contributed by atoms with Gasteiger partial charge >= 0.3 is 0 Å². The lowest BCUT2D eigenvalue weighted by molar-refractivity contribution is 0.303. The van der Waals surface area contributed by atoms with Gasteiger partial charge in [-0.15, -0.1) is 0 Å². The van der Waals surface area contributed by atoms with Crippen LogP contribution in [0.15, 0.2) is 12.3 Å². The normalized spacial score (nSPS) is 11.5. The van der Waals surface area contributed by atoms with Gasteiger partial charge in [0.1, 0.15) is 0 Å². The Morgan fingerprint density at radius 1 is 1.45 bits per heavy atom. The van der Waals surface area contributed by atoms with Crippen molar-refractivity contribution in [3.8, 4) is 0 Å². The van der Waals surface area contributed by atoms with Crippen molar-refractivity contribution in [3.63, 3.8) is 0 Å². The highest BCUT2D eigenvalue weighted by atomic mass is 16.2. The minimum Gasteiger partial charge on any atom is -0.516 e. The molecule has 0 aliphatic rings. The second-order valence-electron chi connectivity index (χ2n) is 2.59. The van der Waals surface area contributed by atoms with Gasteiger partial charge in [0.2, 0.25) is 0 Å². The Hall–Kier alpha value is -0.540. The van der Waals surface area contributed by atoms with Crippen molar-refractivity contribution in [1.82, 2.24) is 5.01 Å². The van der Waals surface area contributed by atoms with Crippen LogP contribution in [0, 0.1) is 0 Å². The van der Waals surface area contributed by atoms with E-state index < -0.39 is 0 Å². The summed E-state index contributed by atoms with van der Waals surface area (Å²) in [6.45, 7) is 3.69. The molecule has 0 aliphatic carbocycles. The van der Waals surface area contributed by atoms with Crippen LogP contribution in [0.2, 0.25) is 0 Å². The third-order valence-corrected chi connectivity index (χ3v) is 1.49. The molecule has 0 rings (SSSR count). The molecule has 66 valence electrons. The monoisotopic (exact) mass is 158 g/mol. The summed E-state index contributed by atoms with van der Waals surface area (Å²) < 4.78 is 0. The standard InChI is InChI=1S/C8H18N2O/c1-2-3-4-6-10(9)7-5-8-11/h5,8,11H,2-4,6-7,9H2,1H3. The fourth-order valence-corrected chi connectivity index (χ4v) is 0.839. The Balaban J connectivity index is 3.15. The summed E-state index contributed by atoms with van der Waals surface area (Å²) in [5, 5.41) is 10.0. The average molecular weight is 158 g/mol. The van der Waals surface area contributed by atoms with Gasteiger partial charge in [-0.1, -0.05) is 19.8 Å². The van der Waals surface area contributed by atoms with Crippen molar-refractivity contribution in [1.29, 1.82) is 0 Å². The van der Waals surface area contributed by atoms with Crippen LogP contribution in [0.25, 0.3) is 0 Å². The maximum absolute atomic E-state index is 8.32. The summed E-state index contributed by atoms with van der Waals surface area (Å²) in [5.41, 5.74) is 0. The molecule has 0 spiro atoms. The molecule has 11 heavy (non-hydrogen) atoms. The van der Waals surface area contributed by atoms with Crippen LogP contribution in [0.5, 0.6) is 0 Å². The van der Waals surface area contributed by atoms with Gasteiger partial charge in [-0.05, 0) is 12.5 Å². The minimum atomic E-state index is 0.625. The van der Waals surface area contributed by atoms with Crippen LogP contribution in [-0.4, -0.2) is 23.2 Å². The van der Waals surface area contributed by atoms with Crippen LogP contribution < -0.4 is 5.84 Å². The first-order chi connectivity index (χ1) is 5.31. The number of aliphatic hydroxyl groups is 1. The quantitative estimate of drug-likeness (QED) is 0.266. The number of nitrogens with two attached hydrogens (primary N) is 1. The van der Waals surface area contributed by atoms with E-state index in [4.69, 9.17) is 10.9 Å². The number of hydrazine groups is 1. The van der Waals surface area contributed by atoms with E-state index in [0.29, 0.717) is 6.54 Å². The average Bonchev–Trinajstić information content (AvgIpc) is 2.01. The summed E-state index contributed by atoms with van der Waals surface area (Å²) in [5.74, 6) is 5.57. The van der Waals surface area contributed by atoms with E-state index in [1.807, 2.05) is 0 Å². The summed E-state index contributed by atoms with van der Waals surface area (Å²) in [7, 11) is 0. The summed E-state index contributed by atoms with van der Waals surface area (Å²) >= 11 is 0. The summed E-state index contributed by atoms with van der Waals surface area (Å²) in [4.78, 5) is 0. The van der Waals surface area contributed by atoms with Gasteiger partial charge in [-0.2, -0.15) is 0 Å². The lowest BCUT2D eigenvalue weighted by atomic mass is 10.2. The molecular weight excluding hydrogens is 140 g/mol. The molecule has 0 aromatic carbocycles. The summed E-state index contributed by atoms with van der Waals surface area (Å²) in [6.07, 6.45) is 6.22. The Kier molecular flexibility index (Phi) is 7.19. The van der Waals surface area contributed by atoms with Crippen LogP contribution in [0.3, 0.4) is 0 Å². The van der Waals surface area contributed by atoms with E-state index in [0.717, 1.165) is 19.2 Å². The Morgan fingerprint density at radius 3 is 2.73 bits per heavy atom. The highest BCUT2D eigenvalue weighted by molar-refractivity contribution is 4.74. The maximum Gasteiger partial charge on any atom is 0.0765 e. The van der Waals surface area contributed by atoms with Crippen molar-refractivity contribution < 1.29 is 5.11 Å². The number of hydrogen-bond donors (Lipinski definition) is 2. The van der Waals surface area contributed by atoms with E-state index in [1.54, 1.807) is 11.1 Å². The van der Waals surface area contributed by atoms with Gasteiger partial charge in [-0.25, -0.2) is 5.01 Å². The van der Waals surface area contributed by atoms with Crippen molar-refractivity contribution in [2.24, 2.45) is 5.84 Å². The molecule has 3 heteroatoms. The van der Waals surface area contributed by atoms with Crippen molar-refractivity contribution in [3.05, 3.63) is 12.3 Å². The van der Waals surface area contributed by atoms with E-state index >= 15 is 0 Å². The number of hydrogen-bond acceptors (Lipinski definition) is 3. The van der Waals surface area contributed by atoms with Crippen LogP contribution >= 0.6 is 0 Å². The van der Waals surface area contributed by atoms with Crippen LogP contribution in [0.1, 0.15) is 26.2 Å². The number of aliphatic hydroxyl groups excluding tert-OH is 1. The molecular formula is C8H18N2O. The third-order valence-electron chi connectivity index (χ3n) is 1.49. The molecule has 0 aliphatic heterocycles. The lowest BCUT2D eigenvalue weighted by Gasteiger charge is -2.12. The minimum absolute atomic E-state index is 0.625. The zero-order chi connectivity index (χ0) is 8.53. The largest absolute Gasteiger partial charge is 0.516 e. The lowest BCUT2D eigenvalue weighted by Crippen LogP contribution is -2.32. The van der Waals surface area contributed by atoms with Crippen molar-refractivity contribution in [2.45, 2.75) is 26.2 Å². The number of rotatable bonds is 6. The fraction of sp³-hybridized carbons (Fsp3) is 0.750. The van der Waals surface area contributed by atoms with E-state index in [1.165, 1.54) is 12.8 Å².